The number of likely N-dealkylation sites (N-methyl/N-ethyl adjacent to an activating group) is 1. The fraction of sp³-hybridized carbons (Fsp3) is 0.229. The highest BCUT2D eigenvalue weighted by atomic mass is 35.5. The van der Waals surface area contributed by atoms with Gasteiger partial charge in [0, 0.05) is 45.8 Å². The first-order chi connectivity index (χ1) is 21.2. The number of fused-ring (bicyclic) bond motifs is 2. The molecule has 0 aliphatic carbocycles. The number of hydrogen-bond acceptors (Lipinski definition) is 4. The van der Waals surface area contributed by atoms with Crippen molar-refractivity contribution in [2.45, 2.75) is 40.3 Å². The zero-order valence-electron chi connectivity index (χ0n) is 25.0. The third-order valence-corrected chi connectivity index (χ3v) is 9.56. The second kappa shape index (κ2) is 12.0. The van der Waals surface area contributed by atoms with Gasteiger partial charge in [-0.1, -0.05) is 71.5 Å². The summed E-state index contributed by atoms with van der Waals surface area (Å²) in [6, 6.07) is 21.3. The van der Waals surface area contributed by atoms with Gasteiger partial charge >= 0.3 is 0 Å². The Balaban J connectivity index is 1.55. The Morgan fingerprint density at radius 2 is 1.70 bits per heavy atom. The SMILES string of the molecule is CCN(CC)C(=O)C1=C(C)N=c2s/c(=C/c3c(C)n(Cc4ccccc4F)c4ccccc34)c(=O)n2[C@H]1c1ccc(Cl)cc1. The summed E-state index contributed by atoms with van der Waals surface area (Å²) in [7, 11) is 0. The van der Waals surface area contributed by atoms with Gasteiger partial charge in [-0.2, -0.15) is 0 Å². The Hall–Kier alpha value is -4.27. The van der Waals surface area contributed by atoms with Crippen molar-refractivity contribution >= 4 is 45.8 Å². The maximum Gasteiger partial charge on any atom is 0.271 e. The average molecular weight is 627 g/mol. The van der Waals surface area contributed by atoms with E-state index in [4.69, 9.17) is 16.6 Å². The molecule has 0 unspecified atom stereocenters. The molecule has 1 atom stereocenters. The quantitative estimate of drug-likeness (QED) is 0.216. The van der Waals surface area contributed by atoms with E-state index in [1.54, 1.807) is 33.7 Å². The third-order valence-electron chi connectivity index (χ3n) is 8.33. The van der Waals surface area contributed by atoms with Gasteiger partial charge in [-0.25, -0.2) is 9.38 Å². The van der Waals surface area contributed by atoms with Crippen molar-refractivity contribution < 1.29 is 9.18 Å². The molecule has 0 bridgehead atoms. The van der Waals surface area contributed by atoms with E-state index in [-0.39, 0.29) is 17.3 Å². The molecule has 1 aliphatic heterocycles. The van der Waals surface area contributed by atoms with Crippen LogP contribution in [0.2, 0.25) is 5.02 Å². The Bertz CT molecular complexity index is 2120. The summed E-state index contributed by atoms with van der Waals surface area (Å²) in [6.45, 7) is 9.15. The van der Waals surface area contributed by atoms with Gasteiger partial charge in [0.2, 0.25) is 0 Å². The van der Waals surface area contributed by atoms with Gasteiger partial charge in [0.05, 0.1) is 28.4 Å². The summed E-state index contributed by atoms with van der Waals surface area (Å²) < 4.78 is 18.9. The minimum absolute atomic E-state index is 0.141. The number of benzene rings is 3. The van der Waals surface area contributed by atoms with Crippen LogP contribution in [0.1, 0.15) is 49.2 Å². The molecule has 0 radical (unpaired) electrons. The van der Waals surface area contributed by atoms with E-state index in [0.29, 0.717) is 50.8 Å². The van der Waals surface area contributed by atoms with Crippen molar-refractivity contribution in [3.05, 3.63) is 137 Å². The van der Waals surface area contributed by atoms with Crippen LogP contribution in [0.25, 0.3) is 17.0 Å². The molecule has 0 N–H and O–H groups in total. The molecule has 1 amide bonds. The second-order valence-corrected chi connectivity index (χ2v) is 12.3. The van der Waals surface area contributed by atoms with Gasteiger partial charge < -0.3 is 9.47 Å². The van der Waals surface area contributed by atoms with Crippen LogP contribution in [-0.4, -0.2) is 33.0 Å². The summed E-state index contributed by atoms with van der Waals surface area (Å²) in [6.07, 6.45) is 1.91. The number of para-hydroxylation sites is 1. The molecule has 3 aromatic carbocycles. The molecular formula is C35H32ClFN4O2S. The molecule has 5 aromatic rings. The van der Waals surface area contributed by atoms with E-state index in [0.717, 1.165) is 27.7 Å². The van der Waals surface area contributed by atoms with Crippen LogP contribution in [-0.2, 0) is 11.3 Å². The summed E-state index contributed by atoms with van der Waals surface area (Å²) >= 11 is 7.53. The number of hydrogen-bond donors (Lipinski definition) is 0. The minimum Gasteiger partial charge on any atom is -0.340 e. The van der Waals surface area contributed by atoms with Crippen molar-refractivity contribution in [3.8, 4) is 0 Å². The zero-order chi connectivity index (χ0) is 31.1. The largest absolute Gasteiger partial charge is 0.340 e. The summed E-state index contributed by atoms with van der Waals surface area (Å²) in [4.78, 5) is 35.2. The molecule has 6 rings (SSSR count). The van der Waals surface area contributed by atoms with Gasteiger partial charge in [-0.3, -0.25) is 14.2 Å². The first-order valence-electron chi connectivity index (χ1n) is 14.6. The lowest BCUT2D eigenvalue weighted by Gasteiger charge is -2.29. The smallest absolute Gasteiger partial charge is 0.271 e. The van der Waals surface area contributed by atoms with E-state index in [1.165, 1.54) is 17.4 Å². The molecule has 0 spiro atoms. The van der Waals surface area contributed by atoms with Gasteiger partial charge in [0.1, 0.15) is 5.82 Å². The Morgan fingerprint density at radius 1 is 1.02 bits per heavy atom. The zero-order valence-corrected chi connectivity index (χ0v) is 26.5. The molecule has 0 saturated carbocycles. The number of allylic oxidation sites excluding steroid dienone is 1. The van der Waals surface area contributed by atoms with Crippen LogP contribution in [0.3, 0.4) is 0 Å². The van der Waals surface area contributed by atoms with E-state index < -0.39 is 6.04 Å². The number of amides is 1. The Kier molecular flexibility index (Phi) is 8.14. The molecule has 1 aliphatic rings. The normalized spacial score (nSPS) is 15.0. The van der Waals surface area contributed by atoms with Gasteiger partial charge in [0.15, 0.2) is 4.80 Å². The lowest BCUT2D eigenvalue weighted by Crippen LogP contribution is -2.43. The lowest BCUT2D eigenvalue weighted by molar-refractivity contribution is -0.127. The van der Waals surface area contributed by atoms with Gasteiger partial charge in [0.25, 0.3) is 11.5 Å². The van der Waals surface area contributed by atoms with Crippen molar-refractivity contribution in [1.29, 1.82) is 0 Å². The average Bonchev–Trinajstić information content (AvgIpc) is 3.47. The molecule has 0 saturated heterocycles. The van der Waals surface area contributed by atoms with Crippen molar-refractivity contribution in [2.75, 3.05) is 13.1 Å². The third kappa shape index (κ3) is 5.12. The van der Waals surface area contributed by atoms with Crippen LogP contribution < -0.4 is 14.9 Å². The first-order valence-corrected chi connectivity index (χ1v) is 15.8. The van der Waals surface area contributed by atoms with Crippen LogP contribution in [0.4, 0.5) is 4.39 Å². The molecule has 6 nitrogen and oxygen atoms in total. The van der Waals surface area contributed by atoms with E-state index in [1.807, 2.05) is 76.2 Å². The summed E-state index contributed by atoms with van der Waals surface area (Å²) in [5.41, 5.74) is 4.98. The minimum atomic E-state index is -0.651. The predicted molar refractivity (Wildman–Crippen MR) is 175 cm³/mol. The molecule has 0 fully saturated rings. The van der Waals surface area contributed by atoms with Crippen molar-refractivity contribution in [1.82, 2.24) is 14.0 Å². The summed E-state index contributed by atoms with van der Waals surface area (Å²) in [5, 5.41) is 1.54. The molecule has 224 valence electrons. The number of rotatable bonds is 7. The van der Waals surface area contributed by atoms with Crippen LogP contribution in [0.15, 0.2) is 93.9 Å². The van der Waals surface area contributed by atoms with Gasteiger partial charge in [-0.15, -0.1) is 0 Å². The standard InChI is InChI=1S/C35H32ClFN4O2S/c1-5-39(6-2)34(43)31-21(3)38-35-41(32(31)23-15-17-25(36)18-16-23)33(42)30(44-35)19-27-22(4)40(29-14-10-8-12-26(27)29)20-24-11-7-9-13-28(24)37/h7-19,32H,5-6,20H2,1-4H3/b30-19+/t32-/m0/s1. The first kappa shape index (κ1) is 29.8. The van der Waals surface area contributed by atoms with Gasteiger partial charge in [-0.05, 0) is 63.6 Å². The molecule has 44 heavy (non-hydrogen) atoms. The molecular weight excluding hydrogens is 595 g/mol. The Morgan fingerprint density at radius 3 is 2.41 bits per heavy atom. The lowest BCUT2D eigenvalue weighted by atomic mass is 9.94. The maximum atomic E-state index is 14.6. The number of nitrogens with zero attached hydrogens (tertiary/aromatic N) is 4. The molecule has 2 aromatic heterocycles. The van der Waals surface area contributed by atoms with E-state index in [2.05, 4.69) is 4.57 Å². The predicted octanol–water partition coefficient (Wildman–Crippen LogP) is 6.21. The number of thiazole rings is 1. The second-order valence-electron chi connectivity index (χ2n) is 10.8. The molecule has 3 heterocycles. The molecule has 9 heteroatoms. The topological polar surface area (TPSA) is 59.6 Å². The number of carbonyl (C=O) groups excluding carboxylic acids is 1. The van der Waals surface area contributed by atoms with Crippen LogP contribution in [0.5, 0.6) is 0 Å². The van der Waals surface area contributed by atoms with Crippen LogP contribution >= 0.6 is 22.9 Å². The summed E-state index contributed by atoms with van der Waals surface area (Å²) in [5.74, 6) is -0.398. The monoisotopic (exact) mass is 626 g/mol. The Labute approximate surface area is 263 Å². The number of aromatic nitrogens is 2. The van der Waals surface area contributed by atoms with E-state index >= 15 is 0 Å². The highest BCUT2D eigenvalue weighted by Gasteiger charge is 2.34. The number of carbonyl (C=O) groups is 1. The fourth-order valence-corrected chi connectivity index (χ4v) is 7.16. The maximum absolute atomic E-state index is 14.6. The van der Waals surface area contributed by atoms with Crippen molar-refractivity contribution in [3.63, 3.8) is 0 Å². The number of halogens is 2. The van der Waals surface area contributed by atoms with E-state index in [9.17, 15) is 14.0 Å². The van der Waals surface area contributed by atoms with Crippen molar-refractivity contribution in [2.24, 2.45) is 4.99 Å². The highest BCUT2D eigenvalue weighted by molar-refractivity contribution is 7.07. The fourth-order valence-electron chi connectivity index (χ4n) is 6.01. The highest BCUT2D eigenvalue weighted by Crippen LogP contribution is 2.32. The van der Waals surface area contributed by atoms with Crippen LogP contribution in [0, 0.1) is 12.7 Å².